The highest BCUT2D eigenvalue weighted by Gasteiger charge is 2.34. The van der Waals surface area contributed by atoms with Crippen molar-refractivity contribution in [3.8, 4) is 0 Å². The standard InChI is InChI=1S/C25H42N6O/c1-3-20(4-2)24(32)31-16-9-10-22(19-31)30-17-12-21(18-30)27-25-26-13-11-23(28-25)29-14-7-5-6-8-15-29/h11,13,20-22H,3-10,12,14-19H2,1-2H3,(H,26,27,28). The molecule has 2 atom stereocenters. The number of carbonyl (C=O) groups excluding carboxylic acids is 1. The van der Waals surface area contributed by atoms with Crippen molar-refractivity contribution in [3.05, 3.63) is 12.3 Å². The minimum absolute atomic E-state index is 0.190. The fourth-order valence-corrected chi connectivity index (χ4v) is 5.66. The second-order valence-electron chi connectivity index (χ2n) is 9.86. The SMILES string of the molecule is CCC(CC)C(=O)N1CCCC(N2CCC(Nc3nccc(N4CCCCCC4)n3)C2)C1. The minimum Gasteiger partial charge on any atom is -0.356 e. The van der Waals surface area contributed by atoms with Crippen LogP contribution in [0, 0.1) is 5.92 Å². The Hall–Kier alpha value is -1.89. The van der Waals surface area contributed by atoms with E-state index in [1.807, 2.05) is 12.3 Å². The number of piperidine rings is 1. The van der Waals surface area contributed by atoms with E-state index in [4.69, 9.17) is 4.98 Å². The van der Waals surface area contributed by atoms with Crippen LogP contribution in [0.1, 0.15) is 71.6 Å². The molecule has 1 aromatic rings. The van der Waals surface area contributed by atoms with Crippen LogP contribution in [0.5, 0.6) is 0 Å². The van der Waals surface area contributed by atoms with Crippen molar-refractivity contribution in [1.82, 2.24) is 19.8 Å². The summed E-state index contributed by atoms with van der Waals surface area (Å²) in [7, 11) is 0. The summed E-state index contributed by atoms with van der Waals surface area (Å²) < 4.78 is 0. The molecule has 1 aromatic heterocycles. The Kier molecular flexibility index (Phi) is 8.22. The molecule has 7 heteroatoms. The summed E-state index contributed by atoms with van der Waals surface area (Å²) in [6.07, 6.45) is 12.4. The quantitative estimate of drug-likeness (QED) is 0.693. The van der Waals surface area contributed by atoms with Gasteiger partial charge in [0, 0.05) is 63.5 Å². The predicted octanol–water partition coefficient (Wildman–Crippen LogP) is 3.77. The Balaban J connectivity index is 1.31. The van der Waals surface area contributed by atoms with Gasteiger partial charge in [-0.1, -0.05) is 26.7 Å². The van der Waals surface area contributed by atoms with Gasteiger partial charge in [0.15, 0.2) is 0 Å². The van der Waals surface area contributed by atoms with E-state index in [9.17, 15) is 4.79 Å². The number of hydrogen-bond donors (Lipinski definition) is 1. The van der Waals surface area contributed by atoms with Gasteiger partial charge in [0.2, 0.25) is 11.9 Å². The van der Waals surface area contributed by atoms with Gasteiger partial charge in [-0.2, -0.15) is 4.98 Å². The Bertz CT molecular complexity index is 731. The number of likely N-dealkylation sites (tertiary alicyclic amines) is 2. The highest BCUT2D eigenvalue weighted by atomic mass is 16.2. The van der Waals surface area contributed by atoms with Gasteiger partial charge in [-0.3, -0.25) is 9.69 Å². The first-order valence-electron chi connectivity index (χ1n) is 13.0. The molecule has 3 aliphatic heterocycles. The van der Waals surface area contributed by atoms with E-state index in [1.165, 1.54) is 32.1 Å². The van der Waals surface area contributed by atoms with Gasteiger partial charge >= 0.3 is 0 Å². The van der Waals surface area contributed by atoms with Crippen molar-refractivity contribution in [1.29, 1.82) is 0 Å². The number of anilines is 2. The molecule has 4 rings (SSSR count). The summed E-state index contributed by atoms with van der Waals surface area (Å²) >= 11 is 0. The molecule has 0 aliphatic carbocycles. The zero-order chi connectivity index (χ0) is 22.3. The third kappa shape index (κ3) is 5.72. The molecule has 1 amide bonds. The largest absolute Gasteiger partial charge is 0.356 e. The third-order valence-electron chi connectivity index (χ3n) is 7.68. The molecule has 7 nitrogen and oxygen atoms in total. The van der Waals surface area contributed by atoms with Gasteiger partial charge in [0.1, 0.15) is 5.82 Å². The lowest BCUT2D eigenvalue weighted by molar-refractivity contribution is -0.137. The molecule has 178 valence electrons. The monoisotopic (exact) mass is 442 g/mol. The molecule has 0 aromatic carbocycles. The van der Waals surface area contributed by atoms with Crippen molar-refractivity contribution in [2.45, 2.75) is 83.7 Å². The maximum atomic E-state index is 12.9. The fraction of sp³-hybridized carbons (Fsp3) is 0.800. The zero-order valence-electron chi connectivity index (χ0n) is 20.1. The second kappa shape index (κ2) is 11.3. The summed E-state index contributed by atoms with van der Waals surface area (Å²) in [5.74, 6) is 2.37. The first-order chi connectivity index (χ1) is 15.7. The molecule has 3 saturated heterocycles. The molecule has 2 unspecified atom stereocenters. The van der Waals surface area contributed by atoms with Crippen LogP contribution in [0.15, 0.2) is 12.3 Å². The average Bonchev–Trinajstić information content (AvgIpc) is 3.12. The first kappa shape index (κ1) is 23.3. The molecular weight excluding hydrogens is 400 g/mol. The third-order valence-corrected chi connectivity index (χ3v) is 7.68. The number of nitrogens with one attached hydrogen (secondary N) is 1. The van der Waals surface area contributed by atoms with Crippen LogP contribution in [0.4, 0.5) is 11.8 Å². The summed E-state index contributed by atoms with van der Waals surface area (Å²) in [6, 6.07) is 2.91. The van der Waals surface area contributed by atoms with Crippen LogP contribution >= 0.6 is 0 Å². The molecule has 0 saturated carbocycles. The van der Waals surface area contributed by atoms with E-state index in [-0.39, 0.29) is 5.92 Å². The van der Waals surface area contributed by atoms with Crippen molar-refractivity contribution >= 4 is 17.7 Å². The van der Waals surface area contributed by atoms with Crippen molar-refractivity contribution in [3.63, 3.8) is 0 Å². The van der Waals surface area contributed by atoms with E-state index in [1.54, 1.807) is 0 Å². The highest BCUT2D eigenvalue weighted by molar-refractivity contribution is 5.78. The molecular formula is C25H42N6O. The van der Waals surface area contributed by atoms with Crippen LogP contribution in [0.3, 0.4) is 0 Å². The zero-order valence-corrected chi connectivity index (χ0v) is 20.1. The Labute approximate surface area is 194 Å². The number of rotatable bonds is 7. The van der Waals surface area contributed by atoms with E-state index < -0.39 is 0 Å². The van der Waals surface area contributed by atoms with Gasteiger partial charge in [0.05, 0.1) is 0 Å². The lowest BCUT2D eigenvalue weighted by Gasteiger charge is -2.39. The molecule has 1 N–H and O–H groups in total. The number of hydrogen-bond acceptors (Lipinski definition) is 6. The van der Waals surface area contributed by atoms with Crippen molar-refractivity contribution in [2.24, 2.45) is 5.92 Å². The number of carbonyl (C=O) groups is 1. The van der Waals surface area contributed by atoms with Gasteiger partial charge in [-0.15, -0.1) is 0 Å². The Morgan fingerprint density at radius 3 is 2.56 bits per heavy atom. The lowest BCUT2D eigenvalue weighted by atomic mass is 9.98. The predicted molar refractivity (Wildman–Crippen MR) is 130 cm³/mol. The highest BCUT2D eigenvalue weighted by Crippen LogP contribution is 2.25. The van der Waals surface area contributed by atoms with Crippen LogP contribution in [-0.2, 0) is 4.79 Å². The summed E-state index contributed by atoms with van der Waals surface area (Å²) in [5, 5.41) is 3.60. The van der Waals surface area contributed by atoms with Crippen molar-refractivity contribution in [2.75, 3.05) is 49.5 Å². The van der Waals surface area contributed by atoms with Crippen LogP contribution in [0.25, 0.3) is 0 Å². The first-order valence-corrected chi connectivity index (χ1v) is 13.0. The summed E-state index contributed by atoms with van der Waals surface area (Å²) in [6.45, 7) is 10.4. The number of amides is 1. The molecule has 0 radical (unpaired) electrons. The van der Waals surface area contributed by atoms with Crippen LogP contribution in [0.2, 0.25) is 0 Å². The van der Waals surface area contributed by atoms with E-state index >= 15 is 0 Å². The van der Waals surface area contributed by atoms with Gasteiger partial charge in [-0.25, -0.2) is 4.98 Å². The maximum absolute atomic E-state index is 12.9. The van der Waals surface area contributed by atoms with Gasteiger partial charge in [-0.05, 0) is 51.0 Å². The minimum atomic E-state index is 0.190. The van der Waals surface area contributed by atoms with Gasteiger partial charge < -0.3 is 15.1 Å². The fourth-order valence-electron chi connectivity index (χ4n) is 5.66. The lowest BCUT2D eigenvalue weighted by Crippen LogP contribution is -2.50. The average molecular weight is 443 g/mol. The summed E-state index contributed by atoms with van der Waals surface area (Å²) in [5.41, 5.74) is 0. The molecule has 4 heterocycles. The molecule has 0 bridgehead atoms. The normalized spacial score (nSPS) is 25.2. The van der Waals surface area contributed by atoms with E-state index in [2.05, 4.69) is 38.8 Å². The maximum Gasteiger partial charge on any atom is 0.225 e. The number of aromatic nitrogens is 2. The topological polar surface area (TPSA) is 64.6 Å². The smallest absolute Gasteiger partial charge is 0.225 e. The van der Waals surface area contributed by atoms with Gasteiger partial charge in [0.25, 0.3) is 0 Å². The summed E-state index contributed by atoms with van der Waals surface area (Å²) in [4.78, 5) is 29.4. The Morgan fingerprint density at radius 1 is 1.03 bits per heavy atom. The number of nitrogens with zero attached hydrogens (tertiary/aromatic N) is 5. The molecule has 32 heavy (non-hydrogen) atoms. The van der Waals surface area contributed by atoms with Crippen LogP contribution in [-0.4, -0.2) is 77.0 Å². The van der Waals surface area contributed by atoms with E-state index in [0.717, 1.165) is 76.7 Å². The van der Waals surface area contributed by atoms with E-state index in [0.29, 0.717) is 18.0 Å². The molecule has 3 fully saturated rings. The van der Waals surface area contributed by atoms with Crippen molar-refractivity contribution < 1.29 is 4.79 Å². The van der Waals surface area contributed by atoms with Crippen LogP contribution < -0.4 is 10.2 Å². The molecule has 0 spiro atoms. The molecule has 3 aliphatic rings. The Morgan fingerprint density at radius 2 is 1.81 bits per heavy atom. The second-order valence-corrected chi connectivity index (χ2v) is 9.86.